The van der Waals surface area contributed by atoms with Crippen LogP contribution in [0.1, 0.15) is 16.1 Å². The normalized spacial score (nSPS) is 16.6. The van der Waals surface area contributed by atoms with E-state index >= 15 is 0 Å². The van der Waals surface area contributed by atoms with Crippen LogP contribution in [0.4, 0.5) is 5.13 Å². The summed E-state index contributed by atoms with van der Waals surface area (Å²) in [7, 11) is 3.87. The number of piperazine rings is 1. The number of thiazole rings is 1. The number of hydrogen-bond acceptors (Lipinski definition) is 6. The number of nitrogens with two attached hydrogens (primary N) is 1. The van der Waals surface area contributed by atoms with Gasteiger partial charge in [0.2, 0.25) is 0 Å². The van der Waals surface area contributed by atoms with Gasteiger partial charge in [-0.2, -0.15) is 0 Å². The van der Waals surface area contributed by atoms with E-state index in [1.165, 1.54) is 10.4 Å². The van der Waals surface area contributed by atoms with Gasteiger partial charge in [0.15, 0.2) is 5.13 Å². The predicted octanol–water partition coefficient (Wildman–Crippen LogP) is 2.07. The minimum absolute atomic E-state index is 0.659. The van der Waals surface area contributed by atoms with Crippen molar-refractivity contribution in [2.24, 2.45) is 0 Å². The molecule has 0 spiro atoms. The zero-order chi connectivity index (χ0) is 16.2. The maximum Gasteiger partial charge on any atom is 0.180 e. The first kappa shape index (κ1) is 16.2. The summed E-state index contributed by atoms with van der Waals surface area (Å²) in [4.78, 5) is 10.7. The summed E-state index contributed by atoms with van der Waals surface area (Å²) < 4.78 is 5.31. The van der Waals surface area contributed by atoms with Gasteiger partial charge < -0.3 is 15.4 Å². The zero-order valence-corrected chi connectivity index (χ0v) is 14.6. The Morgan fingerprint density at radius 1 is 1.26 bits per heavy atom. The maximum atomic E-state index is 5.97. The lowest BCUT2D eigenvalue weighted by atomic mass is 10.1. The van der Waals surface area contributed by atoms with Crippen LogP contribution >= 0.6 is 11.3 Å². The molecule has 1 fully saturated rings. The van der Waals surface area contributed by atoms with Gasteiger partial charge in [0.25, 0.3) is 0 Å². The molecule has 2 N–H and O–H groups in total. The molecule has 1 saturated heterocycles. The second kappa shape index (κ2) is 7.29. The second-order valence-electron chi connectivity index (χ2n) is 6.03. The average Bonchev–Trinajstić information content (AvgIpc) is 2.89. The lowest BCUT2D eigenvalue weighted by molar-refractivity contribution is 0.147. The number of anilines is 1. The molecule has 2 aromatic rings. The maximum absolute atomic E-state index is 5.97. The number of nitrogen functional groups attached to an aromatic ring is 1. The Morgan fingerprint density at radius 3 is 2.78 bits per heavy atom. The quantitative estimate of drug-likeness (QED) is 0.908. The zero-order valence-electron chi connectivity index (χ0n) is 13.8. The third-order valence-electron chi connectivity index (χ3n) is 4.26. The second-order valence-corrected chi connectivity index (χ2v) is 7.14. The van der Waals surface area contributed by atoms with Gasteiger partial charge in [0, 0.05) is 44.0 Å². The molecule has 5 nitrogen and oxygen atoms in total. The van der Waals surface area contributed by atoms with Gasteiger partial charge in [0.1, 0.15) is 5.75 Å². The minimum atomic E-state index is 0.659. The van der Waals surface area contributed by atoms with Crippen molar-refractivity contribution in [3.63, 3.8) is 0 Å². The molecule has 0 unspecified atom stereocenters. The van der Waals surface area contributed by atoms with E-state index in [4.69, 9.17) is 10.5 Å². The highest BCUT2D eigenvalue weighted by molar-refractivity contribution is 7.15. The number of likely N-dealkylation sites (N-methyl/N-ethyl adjacent to an activating group) is 1. The average molecular weight is 332 g/mol. The van der Waals surface area contributed by atoms with Crippen molar-refractivity contribution in [2.75, 3.05) is 46.1 Å². The fourth-order valence-electron chi connectivity index (χ4n) is 2.85. The molecule has 1 aromatic carbocycles. The standard InChI is InChI=1S/C17H24N4OS/c1-20-6-8-21(9-7-20)12-15-16(23-17(18)19-15)11-13-4-3-5-14(10-13)22-2/h3-5,10H,6-9,11-12H2,1-2H3,(H2,18,19). The van der Waals surface area contributed by atoms with Gasteiger partial charge in [-0.1, -0.05) is 12.1 Å². The fourth-order valence-corrected chi connectivity index (χ4v) is 3.73. The Morgan fingerprint density at radius 2 is 2.04 bits per heavy atom. The molecule has 1 aromatic heterocycles. The van der Waals surface area contributed by atoms with Crippen LogP contribution in [-0.4, -0.2) is 55.1 Å². The number of aromatic nitrogens is 1. The summed E-state index contributed by atoms with van der Waals surface area (Å²) in [5, 5.41) is 0.659. The van der Waals surface area contributed by atoms with Gasteiger partial charge in [0.05, 0.1) is 12.8 Å². The lowest BCUT2D eigenvalue weighted by Crippen LogP contribution is -2.44. The molecule has 1 aliphatic rings. The Labute approximate surface area is 141 Å². The van der Waals surface area contributed by atoms with Crippen LogP contribution < -0.4 is 10.5 Å². The van der Waals surface area contributed by atoms with Crippen LogP contribution in [-0.2, 0) is 13.0 Å². The van der Waals surface area contributed by atoms with Crippen molar-refractivity contribution in [1.29, 1.82) is 0 Å². The smallest absolute Gasteiger partial charge is 0.180 e. The molecular weight excluding hydrogens is 308 g/mol. The molecule has 3 rings (SSSR count). The van der Waals surface area contributed by atoms with E-state index < -0.39 is 0 Å². The van der Waals surface area contributed by atoms with Crippen LogP contribution in [0.3, 0.4) is 0 Å². The minimum Gasteiger partial charge on any atom is -0.497 e. The highest BCUT2D eigenvalue weighted by Gasteiger charge is 2.18. The Bertz CT molecular complexity index is 650. The molecule has 0 bridgehead atoms. The van der Waals surface area contributed by atoms with Crippen molar-refractivity contribution in [3.8, 4) is 5.75 Å². The van der Waals surface area contributed by atoms with Crippen LogP contribution in [0.5, 0.6) is 5.75 Å². The molecule has 6 heteroatoms. The lowest BCUT2D eigenvalue weighted by Gasteiger charge is -2.32. The van der Waals surface area contributed by atoms with Crippen molar-refractivity contribution in [2.45, 2.75) is 13.0 Å². The monoisotopic (exact) mass is 332 g/mol. The fraction of sp³-hybridized carbons (Fsp3) is 0.471. The summed E-state index contributed by atoms with van der Waals surface area (Å²) >= 11 is 1.60. The molecule has 1 aliphatic heterocycles. The Balaban J connectivity index is 1.72. The highest BCUT2D eigenvalue weighted by atomic mass is 32.1. The van der Waals surface area contributed by atoms with E-state index in [0.29, 0.717) is 5.13 Å². The van der Waals surface area contributed by atoms with Crippen molar-refractivity contribution in [1.82, 2.24) is 14.8 Å². The summed E-state index contributed by atoms with van der Waals surface area (Å²) in [5.74, 6) is 0.889. The molecule has 0 saturated carbocycles. The van der Waals surface area contributed by atoms with Gasteiger partial charge in [-0.3, -0.25) is 4.90 Å². The number of ether oxygens (including phenoxy) is 1. The number of hydrogen-bond donors (Lipinski definition) is 1. The van der Waals surface area contributed by atoms with Crippen LogP contribution in [0.2, 0.25) is 0 Å². The summed E-state index contributed by atoms with van der Waals surface area (Å²) in [5.41, 5.74) is 8.33. The topological polar surface area (TPSA) is 54.6 Å². The summed E-state index contributed by atoms with van der Waals surface area (Å²) in [6.45, 7) is 5.30. The van der Waals surface area contributed by atoms with E-state index in [2.05, 4.69) is 34.0 Å². The van der Waals surface area contributed by atoms with E-state index in [9.17, 15) is 0 Å². The van der Waals surface area contributed by atoms with E-state index in [0.717, 1.165) is 50.6 Å². The van der Waals surface area contributed by atoms with Gasteiger partial charge in [-0.25, -0.2) is 4.98 Å². The van der Waals surface area contributed by atoms with Crippen molar-refractivity contribution < 1.29 is 4.74 Å². The van der Waals surface area contributed by atoms with Gasteiger partial charge in [-0.05, 0) is 24.7 Å². The SMILES string of the molecule is COc1cccc(Cc2sc(N)nc2CN2CCN(C)CC2)c1. The van der Waals surface area contributed by atoms with Crippen LogP contribution in [0.25, 0.3) is 0 Å². The first-order chi connectivity index (χ1) is 11.1. The third kappa shape index (κ3) is 4.22. The Hall–Kier alpha value is -1.63. The summed E-state index contributed by atoms with van der Waals surface area (Å²) in [6.07, 6.45) is 0.856. The molecule has 23 heavy (non-hydrogen) atoms. The molecule has 0 amide bonds. The molecule has 0 radical (unpaired) electrons. The third-order valence-corrected chi connectivity index (χ3v) is 5.19. The molecular formula is C17H24N4OS. The number of rotatable bonds is 5. The predicted molar refractivity (Wildman–Crippen MR) is 95.1 cm³/mol. The number of methoxy groups -OCH3 is 1. The van der Waals surface area contributed by atoms with E-state index in [-0.39, 0.29) is 0 Å². The van der Waals surface area contributed by atoms with E-state index in [1.54, 1.807) is 18.4 Å². The molecule has 124 valence electrons. The highest BCUT2D eigenvalue weighted by Crippen LogP contribution is 2.26. The first-order valence-electron chi connectivity index (χ1n) is 7.92. The molecule has 0 atom stereocenters. The van der Waals surface area contributed by atoms with Gasteiger partial charge in [-0.15, -0.1) is 11.3 Å². The van der Waals surface area contributed by atoms with Gasteiger partial charge >= 0.3 is 0 Å². The largest absolute Gasteiger partial charge is 0.497 e. The number of nitrogens with zero attached hydrogens (tertiary/aromatic N) is 3. The summed E-state index contributed by atoms with van der Waals surface area (Å²) in [6, 6.07) is 8.20. The van der Waals surface area contributed by atoms with E-state index in [1.807, 2.05) is 12.1 Å². The van der Waals surface area contributed by atoms with Crippen LogP contribution in [0.15, 0.2) is 24.3 Å². The molecule has 0 aliphatic carbocycles. The van der Waals surface area contributed by atoms with Crippen molar-refractivity contribution >= 4 is 16.5 Å². The van der Waals surface area contributed by atoms with Crippen LogP contribution in [0, 0.1) is 0 Å². The number of benzene rings is 1. The van der Waals surface area contributed by atoms with Crippen molar-refractivity contribution in [3.05, 3.63) is 40.4 Å². The Kier molecular flexibility index (Phi) is 5.15. The first-order valence-corrected chi connectivity index (χ1v) is 8.73. The molecule has 2 heterocycles.